The van der Waals surface area contributed by atoms with Gasteiger partial charge in [-0.3, -0.25) is 0 Å². The first-order valence-corrected chi connectivity index (χ1v) is 8.01. The molecule has 0 saturated heterocycles. The lowest BCUT2D eigenvalue weighted by Gasteiger charge is -2.16. The first kappa shape index (κ1) is 15.5. The van der Waals surface area contributed by atoms with Crippen LogP contribution in [0.2, 0.25) is 0 Å². The van der Waals surface area contributed by atoms with Crippen molar-refractivity contribution in [2.24, 2.45) is 5.41 Å². The Morgan fingerprint density at radius 3 is 2.40 bits per heavy atom. The third-order valence-corrected chi connectivity index (χ3v) is 4.71. The number of ether oxygens (including phenoxy) is 2. The average Bonchev–Trinajstić information content (AvgIpc) is 3.27. The van der Waals surface area contributed by atoms with Crippen LogP contribution in [-0.4, -0.2) is 38.7 Å². The second-order valence-corrected chi connectivity index (χ2v) is 6.13. The molecule has 4 nitrogen and oxygen atoms in total. The van der Waals surface area contributed by atoms with Crippen molar-refractivity contribution in [1.29, 1.82) is 0 Å². The molecule has 0 aromatic heterocycles. The molecule has 1 aliphatic carbocycles. The Hall–Kier alpha value is -0.910. The second-order valence-electron chi connectivity index (χ2n) is 5.28. The highest BCUT2D eigenvalue weighted by Crippen LogP contribution is 2.44. The van der Waals surface area contributed by atoms with Crippen molar-refractivity contribution < 1.29 is 14.6 Å². The maximum absolute atomic E-state index is 9.32. The molecule has 0 amide bonds. The van der Waals surface area contributed by atoms with E-state index in [-0.39, 0.29) is 12.0 Å². The number of hydrogen-bond donors (Lipinski definition) is 2. The minimum absolute atomic E-state index is 0.135. The topological polar surface area (TPSA) is 50.7 Å². The third kappa shape index (κ3) is 3.40. The molecule has 1 saturated carbocycles. The van der Waals surface area contributed by atoms with E-state index in [1.165, 1.54) is 10.5 Å². The molecule has 0 atom stereocenters. The standard InChI is InChI=1S/C15H23NO3S/c1-18-12-6-11(14(20-3)7-13(12)19-2)8-16-9-15(10-17)4-5-15/h6-7,16-17H,4-5,8-10H2,1-3H3. The summed E-state index contributed by atoms with van der Waals surface area (Å²) in [5, 5.41) is 12.8. The highest BCUT2D eigenvalue weighted by atomic mass is 32.2. The van der Waals surface area contributed by atoms with Gasteiger partial charge in [0, 0.05) is 30.0 Å². The Kier molecular flexibility index (Phi) is 5.18. The van der Waals surface area contributed by atoms with Crippen molar-refractivity contribution in [1.82, 2.24) is 5.32 Å². The van der Waals surface area contributed by atoms with Gasteiger partial charge in [-0.2, -0.15) is 0 Å². The third-order valence-electron chi connectivity index (χ3n) is 3.89. The molecule has 0 heterocycles. The Bertz CT molecular complexity index is 461. The van der Waals surface area contributed by atoms with Crippen LogP contribution in [0.25, 0.3) is 0 Å². The summed E-state index contributed by atoms with van der Waals surface area (Å²) >= 11 is 1.70. The van der Waals surface area contributed by atoms with Gasteiger partial charge in [-0.1, -0.05) is 0 Å². The molecule has 1 fully saturated rings. The van der Waals surface area contributed by atoms with Crippen molar-refractivity contribution in [2.75, 3.05) is 33.6 Å². The smallest absolute Gasteiger partial charge is 0.161 e. The predicted octanol–water partition coefficient (Wildman–Crippen LogP) is 2.29. The normalized spacial score (nSPS) is 16.0. The Balaban J connectivity index is 2.05. The molecule has 0 spiro atoms. The molecule has 20 heavy (non-hydrogen) atoms. The van der Waals surface area contributed by atoms with Gasteiger partial charge in [0.05, 0.1) is 14.2 Å². The monoisotopic (exact) mass is 297 g/mol. The SMILES string of the molecule is COc1cc(CNCC2(CO)CC2)c(SC)cc1OC. The van der Waals surface area contributed by atoms with Gasteiger partial charge in [0.25, 0.3) is 0 Å². The molecule has 2 N–H and O–H groups in total. The largest absolute Gasteiger partial charge is 0.493 e. The maximum atomic E-state index is 9.32. The number of aliphatic hydroxyl groups excluding tert-OH is 1. The van der Waals surface area contributed by atoms with Gasteiger partial charge in [-0.25, -0.2) is 0 Å². The molecule has 0 bridgehead atoms. The molecule has 0 unspecified atom stereocenters. The van der Waals surface area contributed by atoms with Crippen molar-refractivity contribution in [2.45, 2.75) is 24.3 Å². The van der Waals surface area contributed by atoms with Gasteiger partial charge in [-0.05, 0) is 36.8 Å². The Morgan fingerprint density at radius 2 is 1.90 bits per heavy atom. The fourth-order valence-electron chi connectivity index (χ4n) is 2.26. The minimum atomic E-state index is 0.135. The molecule has 2 rings (SSSR count). The van der Waals surface area contributed by atoms with Crippen LogP contribution in [0, 0.1) is 5.41 Å². The van der Waals surface area contributed by atoms with Crippen LogP contribution in [0.3, 0.4) is 0 Å². The van der Waals surface area contributed by atoms with Gasteiger partial charge < -0.3 is 19.9 Å². The molecule has 0 radical (unpaired) electrons. The summed E-state index contributed by atoms with van der Waals surface area (Å²) in [5.74, 6) is 1.51. The van der Waals surface area contributed by atoms with Gasteiger partial charge in [0.2, 0.25) is 0 Å². The summed E-state index contributed by atoms with van der Waals surface area (Å²) in [6.07, 6.45) is 4.30. The van der Waals surface area contributed by atoms with E-state index < -0.39 is 0 Å². The molecular formula is C15H23NO3S. The number of rotatable bonds is 8. The maximum Gasteiger partial charge on any atom is 0.161 e. The fourth-order valence-corrected chi connectivity index (χ4v) is 2.88. The zero-order valence-electron chi connectivity index (χ0n) is 12.4. The fraction of sp³-hybridized carbons (Fsp3) is 0.600. The van der Waals surface area contributed by atoms with Crippen LogP contribution in [0.15, 0.2) is 17.0 Å². The van der Waals surface area contributed by atoms with Crippen molar-refractivity contribution >= 4 is 11.8 Å². The first-order valence-electron chi connectivity index (χ1n) is 6.78. The van der Waals surface area contributed by atoms with Crippen LogP contribution >= 0.6 is 11.8 Å². The van der Waals surface area contributed by atoms with Crippen molar-refractivity contribution in [3.8, 4) is 11.5 Å². The zero-order chi connectivity index (χ0) is 14.6. The van der Waals surface area contributed by atoms with Crippen LogP contribution < -0.4 is 14.8 Å². The van der Waals surface area contributed by atoms with Crippen LogP contribution in [0.5, 0.6) is 11.5 Å². The van der Waals surface area contributed by atoms with E-state index in [0.717, 1.165) is 37.4 Å². The number of thioether (sulfide) groups is 1. The van der Waals surface area contributed by atoms with Crippen molar-refractivity contribution in [3.05, 3.63) is 17.7 Å². The quantitative estimate of drug-likeness (QED) is 0.721. The lowest BCUT2D eigenvalue weighted by atomic mass is 10.1. The van der Waals surface area contributed by atoms with E-state index in [0.29, 0.717) is 0 Å². The summed E-state index contributed by atoms with van der Waals surface area (Å²) < 4.78 is 10.7. The van der Waals surface area contributed by atoms with E-state index in [2.05, 4.69) is 11.6 Å². The molecule has 1 aromatic rings. The number of aliphatic hydroxyl groups is 1. The lowest BCUT2D eigenvalue weighted by Crippen LogP contribution is -2.26. The van der Waals surface area contributed by atoms with Gasteiger partial charge >= 0.3 is 0 Å². The van der Waals surface area contributed by atoms with Gasteiger partial charge in [-0.15, -0.1) is 11.8 Å². The highest BCUT2D eigenvalue weighted by Gasteiger charge is 2.41. The first-order chi connectivity index (χ1) is 9.68. The van der Waals surface area contributed by atoms with E-state index in [4.69, 9.17) is 9.47 Å². The lowest BCUT2D eigenvalue weighted by molar-refractivity contribution is 0.207. The summed E-state index contributed by atoms with van der Waals surface area (Å²) in [4.78, 5) is 1.18. The Labute approximate surface area is 124 Å². The summed E-state index contributed by atoms with van der Waals surface area (Å²) in [6, 6.07) is 4.04. The molecule has 5 heteroatoms. The zero-order valence-corrected chi connectivity index (χ0v) is 13.2. The number of hydrogen-bond acceptors (Lipinski definition) is 5. The average molecular weight is 297 g/mol. The minimum Gasteiger partial charge on any atom is -0.493 e. The summed E-state index contributed by atoms with van der Waals surface area (Å²) in [6.45, 7) is 1.92. The summed E-state index contributed by atoms with van der Waals surface area (Å²) in [5.41, 5.74) is 1.33. The molecule has 112 valence electrons. The highest BCUT2D eigenvalue weighted by molar-refractivity contribution is 7.98. The molecular weight excluding hydrogens is 274 g/mol. The number of benzene rings is 1. The summed E-state index contributed by atoms with van der Waals surface area (Å²) in [7, 11) is 3.30. The number of methoxy groups -OCH3 is 2. The predicted molar refractivity (Wildman–Crippen MR) is 81.8 cm³/mol. The van der Waals surface area contributed by atoms with Gasteiger partial charge in [0.15, 0.2) is 11.5 Å². The number of nitrogens with one attached hydrogen (secondary N) is 1. The van der Waals surface area contributed by atoms with Crippen molar-refractivity contribution in [3.63, 3.8) is 0 Å². The van der Waals surface area contributed by atoms with Crippen LogP contribution in [-0.2, 0) is 6.54 Å². The molecule has 1 aromatic carbocycles. The van der Waals surface area contributed by atoms with E-state index in [1.54, 1.807) is 26.0 Å². The van der Waals surface area contributed by atoms with E-state index in [1.807, 2.05) is 12.1 Å². The van der Waals surface area contributed by atoms with Crippen LogP contribution in [0.1, 0.15) is 18.4 Å². The molecule has 0 aliphatic heterocycles. The molecule has 1 aliphatic rings. The van der Waals surface area contributed by atoms with Crippen LogP contribution in [0.4, 0.5) is 0 Å². The Morgan fingerprint density at radius 1 is 1.25 bits per heavy atom. The second kappa shape index (κ2) is 6.70. The van der Waals surface area contributed by atoms with E-state index >= 15 is 0 Å². The van der Waals surface area contributed by atoms with E-state index in [9.17, 15) is 5.11 Å². The van der Waals surface area contributed by atoms with Gasteiger partial charge in [0.1, 0.15) is 0 Å².